The maximum Gasteiger partial charge on any atom is 0.00127 e. The summed E-state index contributed by atoms with van der Waals surface area (Å²) >= 11 is 0. The second-order valence-electron chi connectivity index (χ2n) is 6.54. The molecule has 2 atom stereocenters. The van der Waals surface area contributed by atoms with Crippen molar-refractivity contribution in [1.29, 1.82) is 0 Å². The molecule has 3 nitrogen and oxygen atoms in total. The average molecular weight is 241 g/mol. The molecule has 17 heavy (non-hydrogen) atoms. The average Bonchev–Trinajstić information content (AvgIpc) is 2.71. The van der Waals surface area contributed by atoms with E-state index >= 15 is 0 Å². The lowest BCUT2D eigenvalue weighted by molar-refractivity contribution is 0.205. The topological polar surface area (TPSA) is 41.3 Å². The summed E-state index contributed by atoms with van der Waals surface area (Å²) in [6.07, 6.45) is 2.54. The summed E-state index contributed by atoms with van der Waals surface area (Å²) in [4.78, 5) is 2.45. The van der Waals surface area contributed by atoms with Gasteiger partial charge in [-0.05, 0) is 56.8 Å². The van der Waals surface area contributed by atoms with E-state index in [0.29, 0.717) is 11.3 Å². The maximum atomic E-state index is 5.62. The lowest BCUT2D eigenvalue weighted by Gasteiger charge is -2.32. The number of nitrogens with zero attached hydrogens (tertiary/aromatic N) is 1. The minimum absolute atomic E-state index is 0.413. The first-order valence-electron chi connectivity index (χ1n) is 7.05. The number of nitrogens with two attached hydrogens (primary N) is 1. The monoisotopic (exact) mass is 241 g/mol. The van der Waals surface area contributed by atoms with Crippen LogP contribution in [0.4, 0.5) is 0 Å². The third-order valence-corrected chi connectivity index (χ3v) is 4.29. The Kier molecular flexibility index (Phi) is 5.90. The van der Waals surface area contributed by atoms with Crippen LogP contribution in [0.15, 0.2) is 0 Å². The van der Waals surface area contributed by atoms with Crippen LogP contribution in [0.25, 0.3) is 0 Å². The van der Waals surface area contributed by atoms with E-state index in [9.17, 15) is 0 Å². The Bertz CT molecular complexity index is 216. The highest BCUT2D eigenvalue weighted by atomic mass is 15.1. The molecule has 1 aliphatic heterocycles. The SMILES string of the molecule is CC(CN)CCNCC(C)(C)C1CCN(C)C1. The first kappa shape index (κ1) is 14.9. The summed E-state index contributed by atoms with van der Waals surface area (Å²) in [6, 6.07) is 0. The minimum atomic E-state index is 0.413. The summed E-state index contributed by atoms with van der Waals surface area (Å²) in [6.45, 7) is 12.6. The van der Waals surface area contributed by atoms with E-state index in [1.165, 1.54) is 25.9 Å². The second kappa shape index (κ2) is 6.72. The van der Waals surface area contributed by atoms with E-state index in [2.05, 4.69) is 38.0 Å². The van der Waals surface area contributed by atoms with Gasteiger partial charge in [-0.25, -0.2) is 0 Å². The van der Waals surface area contributed by atoms with Crippen molar-refractivity contribution in [3.05, 3.63) is 0 Å². The van der Waals surface area contributed by atoms with Crippen LogP contribution in [0.5, 0.6) is 0 Å². The molecule has 0 aromatic rings. The highest BCUT2D eigenvalue weighted by molar-refractivity contribution is 4.86. The fourth-order valence-electron chi connectivity index (χ4n) is 2.59. The summed E-state index contributed by atoms with van der Waals surface area (Å²) in [5.74, 6) is 1.48. The number of rotatable bonds is 7. The van der Waals surface area contributed by atoms with Crippen LogP contribution < -0.4 is 11.1 Å². The predicted octanol–water partition coefficient (Wildman–Crippen LogP) is 1.54. The molecular formula is C14H31N3. The standard InChI is InChI=1S/C14H31N3/c1-12(9-15)5-7-16-11-14(2,3)13-6-8-17(4)10-13/h12-13,16H,5-11,15H2,1-4H3. The summed E-state index contributed by atoms with van der Waals surface area (Å²) < 4.78 is 0. The van der Waals surface area contributed by atoms with Gasteiger partial charge in [-0.1, -0.05) is 20.8 Å². The van der Waals surface area contributed by atoms with Gasteiger partial charge in [0.2, 0.25) is 0 Å². The van der Waals surface area contributed by atoms with Gasteiger partial charge in [0.15, 0.2) is 0 Å². The molecule has 0 amide bonds. The summed E-state index contributed by atoms with van der Waals surface area (Å²) in [5, 5.41) is 3.61. The van der Waals surface area contributed by atoms with Gasteiger partial charge in [-0.2, -0.15) is 0 Å². The second-order valence-corrected chi connectivity index (χ2v) is 6.54. The Balaban J connectivity index is 2.20. The molecule has 3 N–H and O–H groups in total. The molecule has 0 radical (unpaired) electrons. The van der Waals surface area contributed by atoms with Crippen molar-refractivity contribution >= 4 is 0 Å². The van der Waals surface area contributed by atoms with Gasteiger partial charge in [-0.15, -0.1) is 0 Å². The zero-order valence-corrected chi connectivity index (χ0v) is 12.1. The Morgan fingerprint density at radius 2 is 2.18 bits per heavy atom. The molecule has 1 aliphatic rings. The van der Waals surface area contributed by atoms with Crippen molar-refractivity contribution < 1.29 is 0 Å². The van der Waals surface area contributed by atoms with Gasteiger partial charge in [0, 0.05) is 13.1 Å². The molecule has 1 rings (SSSR count). The molecule has 0 spiro atoms. The quantitative estimate of drug-likeness (QED) is 0.664. The van der Waals surface area contributed by atoms with Crippen molar-refractivity contribution in [2.45, 2.75) is 33.6 Å². The predicted molar refractivity (Wildman–Crippen MR) is 75.1 cm³/mol. The van der Waals surface area contributed by atoms with E-state index in [-0.39, 0.29) is 0 Å². The van der Waals surface area contributed by atoms with Crippen molar-refractivity contribution in [2.75, 3.05) is 39.8 Å². The molecule has 0 aromatic carbocycles. The molecule has 2 unspecified atom stereocenters. The van der Waals surface area contributed by atoms with Gasteiger partial charge >= 0.3 is 0 Å². The fourth-order valence-corrected chi connectivity index (χ4v) is 2.59. The lowest BCUT2D eigenvalue weighted by atomic mass is 9.78. The Hall–Kier alpha value is -0.120. The largest absolute Gasteiger partial charge is 0.330 e. The third kappa shape index (κ3) is 4.94. The van der Waals surface area contributed by atoms with E-state index in [4.69, 9.17) is 5.73 Å². The zero-order chi connectivity index (χ0) is 12.9. The van der Waals surface area contributed by atoms with Crippen molar-refractivity contribution in [3.8, 4) is 0 Å². The molecule has 1 saturated heterocycles. The molecule has 0 bridgehead atoms. The first-order valence-corrected chi connectivity index (χ1v) is 7.05. The lowest BCUT2D eigenvalue weighted by Crippen LogP contribution is -2.37. The fraction of sp³-hybridized carbons (Fsp3) is 1.00. The Labute approximate surface area is 107 Å². The molecule has 0 saturated carbocycles. The molecule has 3 heteroatoms. The molecule has 102 valence electrons. The van der Waals surface area contributed by atoms with Crippen LogP contribution in [-0.2, 0) is 0 Å². The first-order chi connectivity index (χ1) is 7.95. The van der Waals surface area contributed by atoms with Crippen LogP contribution in [-0.4, -0.2) is 44.7 Å². The smallest absolute Gasteiger partial charge is 0.00127 e. The van der Waals surface area contributed by atoms with Crippen molar-refractivity contribution in [2.24, 2.45) is 23.0 Å². The number of likely N-dealkylation sites (tertiary alicyclic amines) is 1. The van der Waals surface area contributed by atoms with Crippen molar-refractivity contribution in [3.63, 3.8) is 0 Å². The number of hydrogen-bond donors (Lipinski definition) is 2. The minimum Gasteiger partial charge on any atom is -0.330 e. The van der Waals surface area contributed by atoms with Gasteiger partial charge in [0.25, 0.3) is 0 Å². The van der Waals surface area contributed by atoms with Gasteiger partial charge in [0.1, 0.15) is 0 Å². The molecular weight excluding hydrogens is 210 g/mol. The Morgan fingerprint density at radius 3 is 2.71 bits per heavy atom. The normalized spacial score (nSPS) is 24.2. The highest BCUT2D eigenvalue weighted by Crippen LogP contribution is 2.33. The van der Waals surface area contributed by atoms with Crippen molar-refractivity contribution in [1.82, 2.24) is 10.2 Å². The van der Waals surface area contributed by atoms with E-state index in [1.54, 1.807) is 0 Å². The number of nitrogens with one attached hydrogen (secondary N) is 1. The van der Waals surface area contributed by atoms with Crippen LogP contribution >= 0.6 is 0 Å². The zero-order valence-electron chi connectivity index (χ0n) is 12.1. The van der Waals surface area contributed by atoms with E-state index in [0.717, 1.165) is 25.6 Å². The third-order valence-electron chi connectivity index (χ3n) is 4.29. The maximum absolute atomic E-state index is 5.62. The molecule has 1 fully saturated rings. The van der Waals surface area contributed by atoms with Crippen LogP contribution in [0.3, 0.4) is 0 Å². The molecule has 1 heterocycles. The highest BCUT2D eigenvalue weighted by Gasteiger charge is 2.33. The van der Waals surface area contributed by atoms with Gasteiger partial charge < -0.3 is 16.0 Å². The van der Waals surface area contributed by atoms with Crippen LogP contribution in [0.1, 0.15) is 33.6 Å². The van der Waals surface area contributed by atoms with E-state index in [1.807, 2.05) is 0 Å². The van der Waals surface area contributed by atoms with E-state index < -0.39 is 0 Å². The van der Waals surface area contributed by atoms with Gasteiger partial charge in [0.05, 0.1) is 0 Å². The van der Waals surface area contributed by atoms with Crippen LogP contribution in [0, 0.1) is 17.3 Å². The molecule has 0 aromatic heterocycles. The number of hydrogen-bond acceptors (Lipinski definition) is 3. The summed E-state index contributed by atoms with van der Waals surface area (Å²) in [5.41, 5.74) is 6.03. The van der Waals surface area contributed by atoms with Crippen LogP contribution in [0.2, 0.25) is 0 Å². The Morgan fingerprint density at radius 1 is 1.47 bits per heavy atom. The molecule has 0 aliphatic carbocycles. The summed E-state index contributed by atoms with van der Waals surface area (Å²) in [7, 11) is 2.23. The van der Waals surface area contributed by atoms with Gasteiger partial charge in [-0.3, -0.25) is 0 Å².